The first-order valence-corrected chi connectivity index (χ1v) is 12.2. The van der Waals surface area contributed by atoms with E-state index in [2.05, 4.69) is 34.9 Å². The number of carbonyl (C=O) groups excluding carboxylic acids is 2. The second kappa shape index (κ2) is 10.1. The predicted molar refractivity (Wildman–Crippen MR) is 128 cm³/mol. The molecule has 1 saturated carbocycles. The molecule has 2 fully saturated rings. The van der Waals surface area contributed by atoms with Gasteiger partial charge >= 0.3 is 12.1 Å². The van der Waals surface area contributed by atoms with Crippen LogP contribution in [0.15, 0.2) is 48.5 Å². The van der Waals surface area contributed by atoms with Gasteiger partial charge in [-0.1, -0.05) is 48.5 Å². The highest BCUT2D eigenvalue weighted by Gasteiger charge is 2.37. The number of carbonyl (C=O) groups is 3. The second-order valence-corrected chi connectivity index (χ2v) is 9.60. The minimum atomic E-state index is -0.816. The lowest BCUT2D eigenvalue weighted by molar-refractivity contribution is -0.141. The van der Waals surface area contributed by atoms with Gasteiger partial charge in [-0.15, -0.1) is 0 Å². The van der Waals surface area contributed by atoms with E-state index in [1.54, 1.807) is 0 Å². The lowest BCUT2D eigenvalue weighted by atomic mass is 9.98. The Bertz CT molecular complexity index is 1070. The van der Waals surface area contributed by atoms with E-state index in [9.17, 15) is 14.4 Å². The van der Waals surface area contributed by atoms with Crippen molar-refractivity contribution in [3.8, 4) is 11.1 Å². The van der Waals surface area contributed by atoms with Crippen LogP contribution in [0.2, 0.25) is 0 Å². The number of nitrogens with one attached hydrogen (secondary N) is 2. The molecule has 0 spiro atoms. The Morgan fingerprint density at radius 2 is 1.66 bits per heavy atom. The number of amides is 2. The van der Waals surface area contributed by atoms with Gasteiger partial charge in [0.2, 0.25) is 5.91 Å². The van der Waals surface area contributed by atoms with Crippen molar-refractivity contribution in [1.29, 1.82) is 0 Å². The zero-order valence-corrected chi connectivity index (χ0v) is 19.4. The Labute approximate surface area is 204 Å². The third kappa shape index (κ3) is 4.89. The van der Waals surface area contributed by atoms with Crippen molar-refractivity contribution in [1.82, 2.24) is 10.6 Å². The van der Waals surface area contributed by atoms with E-state index < -0.39 is 24.1 Å². The molecule has 0 aromatic heterocycles. The normalized spacial score (nSPS) is 25.0. The second-order valence-electron chi connectivity index (χ2n) is 9.60. The molecule has 35 heavy (non-hydrogen) atoms. The molecule has 2 aromatic carbocycles. The predicted octanol–water partition coefficient (Wildman–Crippen LogP) is 3.30. The number of carboxylic acids is 1. The van der Waals surface area contributed by atoms with Gasteiger partial charge in [0.1, 0.15) is 12.7 Å². The van der Waals surface area contributed by atoms with Crippen molar-refractivity contribution >= 4 is 18.0 Å². The Kier molecular flexibility index (Phi) is 6.72. The van der Waals surface area contributed by atoms with E-state index in [1.807, 2.05) is 24.3 Å². The van der Waals surface area contributed by atoms with Gasteiger partial charge in [0.25, 0.3) is 0 Å². The molecule has 1 saturated heterocycles. The zero-order chi connectivity index (χ0) is 24.4. The first-order chi connectivity index (χ1) is 17.0. The van der Waals surface area contributed by atoms with Crippen LogP contribution in [0.1, 0.15) is 42.7 Å². The molecule has 8 heteroatoms. The van der Waals surface area contributed by atoms with E-state index in [4.69, 9.17) is 14.6 Å². The summed E-state index contributed by atoms with van der Waals surface area (Å²) in [7, 11) is 0. The van der Waals surface area contributed by atoms with Crippen molar-refractivity contribution < 1.29 is 29.0 Å². The molecule has 3 N–H and O–H groups in total. The third-order valence-electron chi connectivity index (χ3n) is 7.45. The number of carboxylic acid groups (broad SMARTS) is 1. The first kappa shape index (κ1) is 23.4. The zero-order valence-electron chi connectivity index (χ0n) is 19.4. The van der Waals surface area contributed by atoms with Crippen LogP contribution in [0.3, 0.4) is 0 Å². The Morgan fingerprint density at radius 3 is 2.31 bits per heavy atom. The number of benzene rings is 2. The number of hydrogen-bond donors (Lipinski definition) is 3. The fourth-order valence-electron chi connectivity index (χ4n) is 5.62. The summed E-state index contributed by atoms with van der Waals surface area (Å²) in [6.45, 7) is 0.950. The van der Waals surface area contributed by atoms with Crippen molar-refractivity contribution in [2.24, 2.45) is 11.8 Å². The van der Waals surface area contributed by atoms with Gasteiger partial charge in [-0.25, -0.2) is 4.79 Å². The maximum atomic E-state index is 12.7. The van der Waals surface area contributed by atoms with E-state index in [0.717, 1.165) is 11.1 Å². The van der Waals surface area contributed by atoms with Crippen molar-refractivity contribution in [3.63, 3.8) is 0 Å². The van der Waals surface area contributed by atoms with Gasteiger partial charge in [-0.05, 0) is 47.9 Å². The standard InChI is InChI=1S/C27H30N2O6/c30-25(29-18-10-9-16(13-18)26(31)32)24-17(11-12-34-24)14-28-27(33)35-15-23-21-7-3-1-5-19(21)20-6-2-4-8-22(20)23/h1-8,16-18,23-24H,9-15H2,(H,28,33)(H,29,30)(H,31,32)/t16-,17?,18+,24?/m0/s1. The minimum absolute atomic E-state index is 0.0115. The fourth-order valence-corrected chi connectivity index (χ4v) is 5.62. The molecular formula is C27H30N2O6. The van der Waals surface area contributed by atoms with Crippen molar-refractivity contribution in [2.45, 2.75) is 43.7 Å². The summed E-state index contributed by atoms with van der Waals surface area (Å²) in [6.07, 6.45) is 1.14. The topological polar surface area (TPSA) is 114 Å². The lowest BCUT2D eigenvalue weighted by Crippen LogP contribution is -2.45. The molecular weight excluding hydrogens is 448 g/mol. The van der Waals surface area contributed by atoms with Crippen LogP contribution in [-0.2, 0) is 19.1 Å². The summed E-state index contributed by atoms with van der Waals surface area (Å²) >= 11 is 0. The first-order valence-electron chi connectivity index (χ1n) is 12.2. The molecule has 1 aliphatic heterocycles. The van der Waals surface area contributed by atoms with Gasteiger partial charge in [0, 0.05) is 31.0 Å². The molecule has 2 aliphatic carbocycles. The maximum Gasteiger partial charge on any atom is 0.407 e. The molecule has 5 rings (SSSR count). The van der Waals surface area contributed by atoms with Crippen LogP contribution >= 0.6 is 0 Å². The van der Waals surface area contributed by atoms with Gasteiger partial charge in [-0.2, -0.15) is 0 Å². The largest absolute Gasteiger partial charge is 0.481 e. The number of alkyl carbamates (subject to hydrolysis) is 1. The number of hydrogen-bond acceptors (Lipinski definition) is 5. The molecule has 8 nitrogen and oxygen atoms in total. The highest BCUT2D eigenvalue weighted by Crippen LogP contribution is 2.44. The van der Waals surface area contributed by atoms with Crippen LogP contribution in [0.25, 0.3) is 11.1 Å². The SMILES string of the molecule is O=C(NCC1CCOC1C(=O)N[C@@H]1CC[C@H](C(=O)O)C1)OCC1c2ccccc2-c2ccccc21. The number of fused-ring (bicyclic) bond motifs is 3. The summed E-state index contributed by atoms with van der Waals surface area (Å²) in [4.78, 5) is 36.4. The molecule has 0 radical (unpaired) electrons. The summed E-state index contributed by atoms with van der Waals surface area (Å²) in [6, 6.07) is 16.2. The quantitative estimate of drug-likeness (QED) is 0.563. The number of rotatable bonds is 7. The highest BCUT2D eigenvalue weighted by atomic mass is 16.5. The summed E-state index contributed by atoms with van der Waals surface area (Å²) in [5, 5.41) is 14.9. The van der Waals surface area contributed by atoms with E-state index >= 15 is 0 Å². The molecule has 184 valence electrons. The molecule has 0 bridgehead atoms. The number of ether oxygens (including phenoxy) is 2. The van der Waals surface area contributed by atoms with Gasteiger partial charge in [0.05, 0.1) is 5.92 Å². The van der Waals surface area contributed by atoms with Gasteiger partial charge in [-0.3, -0.25) is 9.59 Å². The van der Waals surface area contributed by atoms with E-state index in [1.165, 1.54) is 11.1 Å². The van der Waals surface area contributed by atoms with Crippen molar-refractivity contribution in [3.05, 3.63) is 59.7 Å². The van der Waals surface area contributed by atoms with Gasteiger partial charge < -0.3 is 25.2 Å². The average molecular weight is 479 g/mol. The van der Waals surface area contributed by atoms with Crippen LogP contribution < -0.4 is 10.6 Å². The van der Waals surface area contributed by atoms with Crippen molar-refractivity contribution in [2.75, 3.05) is 19.8 Å². The molecule has 2 amide bonds. The van der Waals surface area contributed by atoms with E-state index in [0.29, 0.717) is 32.3 Å². The summed E-state index contributed by atoms with van der Waals surface area (Å²) in [5.41, 5.74) is 4.65. The van der Waals surface area contributed by atoms with Crippen LogP contribution in [0.5, 0.6) is 0 Å². The molecule has 2 unspecified atom stereocenters. The molecule has 2 aromatic rings. The van der Waals surface area contributed by atoms with Crippen LogP contribution in [-0.4, -0.2) is 55.0 Å². The highest BCUT2D eigenvalue weighted by molar-refractivity contribution is 5.82. The van der Waals surface area contributed by atoms with Gasteiger partial charge in [0.15, 0.2) is 0 Å². The Morgan fingerprint density at radius 1 is 0.971 bits per heavy atom. The minimum Gasteiger partial charge on any atom is -0.481 e. The monoisotopic (exact) mass is 478 g/mol. The van der Waals surface area contributed by atoms with E-state index in [-0.39, 0.29) is 36.9 Å². The maximum absolute atomic E-state index is 12.7. The molecule has 3 aliphatic rings. The van der Waals surface area contributed by atoms with Crippen LogP contribution in [0.4, 0.5) is 4.79 Å². The molecule has 4 atom stereocenters. The summed E-state index contributed by atoms with van der Waals surface area (Å²) in [5.74, 6) is -1.63. The smallest absolute Gasteiger partial charge is 0.407 e. The lowest BCUT2D eigenvalue weighted by Gasteiger charge is -2.21. The third-order valence-corrected chi connectivity index (χ3v) is 7.45. The number of aliphatic carboxylic acids is 1. The summed E-state index contributed by atoms with van der Waals surface area (Å²) < 4.78 is 11.2. The molecule has 1 heterocycles. The Hall–Kier alpha value is -3.39. The fraction of sp³-hybridized carbons (Fsp3) is 0.444. The Balaban J connectivity index is 1.12. The average Bonchev–Trinajstić information content (AvgIpc) is 3.59. The van der Waals surface area contributed by atoms with Crippen LogP contribution in [0, 0.1) is 11.8 Å².